The Labute approximate surface area is 220 Å². The summed E-state index contributed by atoms with van der Waals surface area (Å²) in [6, 6.07) is 18.2. The van der Waals surface area contributed by atoms with Gasteiger partial charge in [-0.05, 0) is 75.9 Å². The maximum atomic E-state index is 4.55. The number of aryl methyl sites for hydroxylation is 2. The van der Waals surface area contributed by atoms with Crippen LogP contribution in [0.5, 0.6) is 0 Å². The van der Waals surface area contributed by atoms with E-state index >= 15 is 0 Å². The first kappa shape index (κ1) is 25.4. The number of hydrogen-bond acceptors (Lipinski definition) is 0. The van der Waals surface area contributed by atoms with Crippen LogP contribution in [0.15, 0.2) is 48.5 Å². The van der Waals surface area contributed by atoms with Gasteiger partial charge in [0.25, 0.3) is 0 Å². The number of unbranched alkanes of at least 4 members (excludes halogenated alkanes) is 7. The summed E-state index contributed by atoms with van der Waals surface area (Å²) >= 11 is 0. The van der Waals surface area contributed by atoms with E-state index in [4.69, 9.17) is 0 Å². The van der Waals surface area contributed by atoms with Crippen LogP contribution in [-0.4, -0.2) is 9.97 Å². The molecule has 2 heteroatoms. The van der Waals surface area contributed by atoms with Gasteiger partial charge in [-0.15, -0.1) is 0 Å². The van der Waals surface area contributed by atoms with Crippen molar-refractivity contribution < 1.29 is 0 Å². The highest BCUT2D eigenvalue weighted by molar-refractivity contribution is 6.16. The average molecular weight is 491 g/mol. The van der Waals surface area contributed by atoms with Gasteiger partial charge >= 0.3 is 0 Å². The molecule has 0 radical (unpaired) electrons. The summed E-state index contributed by atoms with van der Waals surface area (Å²) in [5.74, 6) is 0. The molecule has 37 heavy (non-hydrogen) atoms. The van der Waals surface area contributed by atoms with Gasteiger partial charge in [0.05, 0.1) is 0 Å². The van der Waals surface area contributed by atoms with Crippen molar-refractivity contribution in [3.8, 4) is 0 Å². The summed E-state index contributed by atoms with van der Waals surface area (Å²) in [6.07, 6.45) is 13.9. The van der Waals surface area contributed by atoms with Crippen LogP contribution in [0.3, 0.4) is 0 Å². The van der Waals surface area contributed by atoms with E-state index in [-0.39, 0.29) is 0 Å². The van der Waals surface area contributed by atoms with Crippen molar-refractivity contribution in [1.29, 1.82) is 0 Å². The maximum absolute atomic E-state index is 4.55. The number of hydrogen-bond donors (Lipinski definition) is 2. The van der Waals surface area contributed by atoms with Crippen LogP contribution < -0.4 is 10.6 Å². The largest absolute Gasteiger partial charge is 0.359 e. The number of aromatic amines is 2. The number of H-pyrrole nitrogens is 2. The second kappa shape index (κ2) is 11.4. The minimum Gasteiger partial charge on any atom is -0.359 e. The van der Waals surface area contributed by atoms with E-state index in [1.807, 2.05) is 0 Å². The van der Waals surface area contributed by atoms with E-state index in [1.54, 1.807) is 0 Å². The molecule has 0 aliphatic rings. The molecule has 0 amide bonds. The van der Waals surface area contributed by atoms with Gasteiger partial charge in [-0.1, -0.05) is 102 Å². The van der Waals surface area contributed by atoms with E-state index < -0.39 is 0 Å². The Bertz CT molecular complexity index is 1720. The number of fused-ring (bicyclic) bond motifs is 5. The van der Waals surface area contributed by atoms with Crippen LogP contribution in [0.25, 0.3) is 45.6 Å². The van der Waals surface area contributed by atoms with Gasteiger partial charge in [0.2, 0.25) is 0 Å². The van der Waals surface area contributed by atoms with Crippen molar-refractivity contribution in [2.45, 2.75) is 84.5 Å². The Morgan fingerprint density at radius 2 is 1.11 bits per heavy atom. The minimum atomic E-state index is 0.996. The molecule has 5 rings (SSSR count). The van der Waals surface area contributed by atoms with E-state index in [0.29, 0.717) is 0 Å². The average Bonchev–Trinajstić information content (AvgIpc) is 3.49. The Hall–Kier alpha value is -3.26. The lowest BCUT2D eigenvalue weighted by molar-refractivity contribution is 0.605. The molecule has 0 bridgehead atoms. The fraction of sp³-hybridized carbons (Fsp3) is 0.371. The molecule has 0 aliphatic heterocycles. The van der Waals surface area contributed by atoms with E-state index in [9.17, 15) is 0 Å². The van der Waals surface area contributed by atoms with Crippen molar-refractivity contribution in [3.63, 3.8) is 0 Å². The standard InChI is InChI=1S/C35H42N2/c1-5-7-9-10-11-13-15-26-22-33(25(4)36-26)29-17-18-30-28(24(29)3)16-19-32-31(30)20-21-35-34(32)23-27(37-35)14-12-8-6-2/h16-23,36-37H,3-15H2,1-2H3/b33-29-. The molecule has 3 aromatic carbocycles. The van der Waals surface area contributed by atoms with Crippen molar-refractivity contribution in [2.75, 3.05) is 0 Å². The Balaban J connectivity index is 1.51. The summed E-state index contributed by atoms with van der Waals surface area (Å²) < 4.78 is 0. The van der Waals surface area contributed by atoms with Crippen LogP contribution in [0, 0.1) is 10.4 Å². The third-order valence-corrected chi connectivity index (χ3v) is 8.06. The molecule has 0 unspecified atom stereocenters. The molecule has 2 heterocycles. The van der Waals surface area contributed by atoms with Gasteiger partial charge in [-0.2, -0.15) is 0 Å². The van der Waals surface area contributed by atoms with Crippen LogP contribution in [0.2, 0.25) is 0 Å². The molecule has 0 aliphatic carbocycles. The zero-order valence-corrected chi connectivity index (χ0v) is 22.8. The lowest BCUT2D eigenvalue weighted by atomic mass is 9.97. The van der Waals surface area contributed by atoms with Crippen LogP contribution >= 0.6 is 0 Å². The van der Waals surface area contributed by atoms with Crippen molar-refractivity contribution in [2.24, 2.45) is 0 Å². The van der Waals surface area contributed by atoms with Gasteiger partial charge in [0.1, 0.15) is 0 Å². The first-order chi connectivity index (χ1) is 18.1. The topological polar surface area (TPSA) is 31.6 Å². The van der Waals surface area contributed by atoms with Gasteiger partial charge in [-0.25, -0.2) is 0 Å². The second-order valence-electron chi connectivity index (χ2n) is 10.8. The number of benzene rings is 3. The number of rotatable bonds is 11. The molecular weight excluding hydrogens is 448 g/mol. The first-order valence-electron chi connectivity index (χ1n) is 14.5. The molecule has 0 saturated carbocycles. The predicted octanol–water partition coefficient (Wildman–Crippen LogP) is 8.55. The molecule has 0 saturated heterocycles. The molecule has 192 valence electrons. The SMILES string of the molecule is C=c1[nH]c(CCCCCCCC)c/c1=c1\ccc2c(ccc3c4cc(CCCCC)[nH]c4ccc23)c1=C. The summed E-state index contributed by atoms with van der Waals surface area (Å²) in [6.45, 7) is 13.4. The Kier molecular flexibility index (Phi) is 7.84. The minimum absolute atomic E-state index is 0.996. The Morgan fingerprint density at radius 3 is 1.92 bits per heavy atom. The third kappa shape index (κ3) is 5.25. The van der Waals surface area contributed by atoms with Crippen LogP contribution in [0.1, 0.15) is 83.0 Å². The Morgan fingerprint density at radius 1 is 0.541 bits per heavy atom. The van der Waals surface area contributed by atoms with Gasteiger partial charge in [-0.3, -0.25) is 0 Å². The number of aromatic nitrogens is 2. The van der Waals surface area contributed by atoms with Crippen LogP contribution in [-0.2, 0) is 12.8 Å². The smallest absolute Gasteiger partial charge is 0.0462 e. The van der Waals surface area contributed by atoms with Gasteiger partial charge < -0.3 is 9.97 Å². The van der Waals surface area contributed by atoms with Crippen molar-refractivity contribution >= 4 is 45.6 Å². The highest BCUT2D eigenvalue weighted by Crippen LogP contribution is 2.31. The second-order valence-corrected chi connectivity index (χ2v) is 10.8. The lowest BCUT2D eigenvalue weighted by Gasteiger charge is -2.06. The quantitative estimate of drug-likeness (QED) is 0.137. The molecule has 0 fully saturated rings. The summed E-state index contributed by atoms with van der Waals surface area (Å²) in [5, 5.41) is 10.9. The zero-order chi connectivity index (χ0) is 25.8. The van der Waals surface area contributed by atoms with E-state index in [1.165, 1.54) is 112 Å². The molecule has 0 atom stereocenters. The van der Waals surface area contributed by atoms with Crippen molar-refractivity contribution in [1.82, 2.24) is 9.97 Å². The molecule has 0 spiro atoms. The monoisotopic (exact) mass is 490 g/mol. The third-order valence-electron chi connectivity index (χ3n) is 8.06. The molecule has 2 N–H and O–H groups in total. The highest BCUT2D eigenvalue weighted by Gasteiger charge is 2.09. The van der Waals surface area contributed by atoms with Gasteiger partial charge in [0, 0.05) is 32.9 Å². The maximum Gasteiger partial charge on any atom is 0.0462 e. The van der Waals surface area contributed by atoms with E-state index in [2.05, 4.69) is 85.5 Å². The molecule has 5 aromatic rings. The summed E-state index contributed by atoms with van der Waals surface area (Å²) in [7, 11) is 0. The predicted molar refractivity (Wildman–Crippen MR) is 162 cm³/mol. The summed E-state index contributed by atoms with van der Waals surface area (Å²) in [5.41, 5.74) is 3.87. The first-order valence-corrected chi connectivity index (χ1v) is 14.5. The van der Waals surface area contributed by atoms with Crippen molar-refractivity contribution in [3.05, 3.63) is 80.9 Å². The summed E-state index contributed by atoms with van der Waals surface area (Å²) in [4.78, 5) is 7.20. The zero-order valence-electron chi connectivity index (χ0n) is 22.8. The fourth-order valence-electron chi connectivity index (χ4n) is 5.94. The van der Waals surface area contributed by atoms with E-state index in [0.717, 1.165) is 23.4 Å². The van der Waals surface area contributed by atoms with Gasteiger partial charge in [0.15, 0.2) is 0 Å². The molecular formula is C35H42N2. The fourth-order valence-corrected chi connectivity index (χ4v) is 5.94. The van der Waals surface area contributed by atoms with Crippen LogP contribution in [0.4, 0.5) is 0 Å². The molecule has 2 aromatic heterocycles. The normalized spacial score (nSPS) is 12.8. The highest BCUT2D eigenvalue weighted by atomic mass is 14.7. The molecule has 2 nitrogen and oxygen atoms in total. The lowest BCUT2D eigenvalue weighted by Crippen LogP contribution is -2.07. The number of nitrogens with one attached hydrogen (secondary N) is 2.